The second kappa shape index (κ2) is 2.24. The maximum absolute atomic E-state index is 5.87. The smallest absolute Gasteiger partial charge is 0.0411 e. The molecule has 52 valence electrons. The molecule has 0 bridgehead atoms. The van der Waals surface area contributed by atoms with E-state index in [-0.39, 0.29) is 0 Å². The van der Waals surface area contributed by atoms with Crippen molar-refractivity contribution in [2.45, 2.75) is 17.7 Å². The maximum Gasteiger partial charge on any atom is 0.0411 e. The Labute approximate surface area is 65.0 Å². The molecule has 1 nitrogen and oxygen atoms in total. The lowest BCUT2D eigenvalue weighted by Gasteiger charge is -1.93. The van der Waals surface area contributed by atoms with Crippen molar-refractivity contribution in [3.8, 4) is 0 Å². The minimum atomic E-state index is 0.377. The van der Waals surface area contributed by atoms with E-state index >= 15 is 0 Å². The van der Waals surface area contributed by atoms with E-state index in [0.717, 1.165) is 6.42 Å². The Morgan fingerprint density at radius 3 is 2.50 bits per heavy atom. The normalized spacial score (nSPS) is 30.1. The van der Waals surface area contributed by atoms with E-state index in [0.29, 0.717) is 11.3 Å². The van der Waals surface area contributed by atoms with Gasteiger partial charge in [0.2, 0.25) is 0 Å². The summed E-state index contributed by atoms with van der Waals surface area (Å²) in [5.74, 6) is 0.602. The topological polar surface area (TPSA) is 12.9 Å². The summed E-state index contributed by atoms with van der Waals surface area (Å²) < 4.78 is 0. The number of alkyl halides is 1. The Hall–Kier alpha value is -0.560. The second-order valence-electron chi connectivity index (χ2n) is 2.64. The fourth-order valence-corrected chi connectivity index (χ4v) is 1.46. The van der Waals surface area contributed by atoms with Crippen LogP contribution in [0.1, 0.15) is 17.9 Å². The number of hydrogen-bond donors (Lipinski definition) is 0. The molecule has 1 aromatic rings. The van der Waals surface area contributed by atoms with Crippen LogP contribution in [0.5, 0.6) is 0 Å². The highest BCUT2D eigenvalue weighted by Gasteiger charge is 2.36. The van der Waals surface area contributed by atoms with Crippen LogP contribution in [0, 0.1) is 0 Å². The summed E-state index contributed by atoms with van der Waals surface area (Å²) in [5.41, 5.74) is 1.33. The van der Waals surface area contributed by atoms with E-state index in [1.54, 1.807) is 0 Å². The third kappa shape index (κ3) is 1.01. The lowest BCUT2D eigenvalue weighted by molar-refractivity contribution is 1.11. The number of aromatic nitrogens is 1. The van der Waals surface area contributed by atoms with Crippen molar-refractivity contribution in [3.63, 3.8) is 0 Å². The van der Waals surface area contributed by atoms with Crippen molar-refractivity contribution in [2.24, 2.45) is 0 Å². The average Bonchev–Trinajstić information content (AvgIpc) is 2.69. The zero-order valence-electron chi connectivity index (χ0n) is 5.50. The van der Waals surface area contributed by atoms with Gasteiger partial charge in [0.15, 0.2) is 0 Å². The zero-order valence-corrected chi connectivity index (χ0v) is 6.25. The van der Waals surface area contributed by atoms with Gasteiger partial charge in [-0.1, -0.05) is 0 Å². The first-order chi connectivity index (χ1) is 4.88. The van der Waals surface area contributed by atoms with Gasteiger partial charge in [0.05, 0.1) is 0 Å². The highest BCUT2D eigenvalue weighted by molar-refractivity contribution is 6.23. The number of pyridine rings is 1. The molecule has 2 rings (SSSR count). The second-order valence-corrected chi connectivity index (χ2v) is 3.20. The van der Waals surface area contributed by atoms with E-state index < -0.39 is 0 Å². The van der Waals surface area contributed by atoms with Crippen LogP contribution in [-0.2, 0) is 0 Å². The van der Waals surface area contributed by atoms with Gasteiger partial charge in [-0.3, -0.25) is 4.98 Å². The highest BCUT2D eigenvalue weighted by Crippen LogP contribution is 2.44. The van der Waals surface area contributed by atoms with E-state index in [4.69, 9.17) is 11.6 Å². The Bertz CT molecular complexity index is 222. The van der Waals surface area contributed by atoms with Crippen LogP contribution in [0.4, 0.5) is 0 Å². The lowest BCUT2D eigenvalue weighted by atomic mass is 10.2. The van der Waals surface area contributed by atoms with Gasteiger partial charge >= 0.3 is 0 Å². The summed E-state index contributed by atoms with van der Waals surface area (Å²) in [4.78, 5) is 3.94. The molecule has 0 spiro atoms. The maximum atomic E-state index is 5.87. The predicted molar refractivity (Wildman–Crippen MR) is 41.2 cm³/mol. The summed E-state index contributed by atoms with van der Waals surface area (Å²) in [5, 5.41) is 0.377. The van der Waals surface area contributed by atoms with Gasteiger partial charge in [0.25, 0.3) is 0 Å². The monoisotopic (exact) mass is 153 g/mol. The Kier molecular flexibility index (Phi) is 1.38. The van der Waals surface area contributed by atoms with Crippen LogP contribution in [0.25, 0.3) is 0 Å². The molecule has 1 aliphatic carbocycles. The van der Waals surface area contributed by atoms with Gasteiger partial charge in [-0.2, -0.15) is 0 Å². The lowest BCUT2D eigenvalue weighted by Crippen LogP contribution is -1.80. The molecule has 10 heavy (non-hydrogen) atoms. The number of nitrogens with zero attached hydrogens (tertiary/aromatic N) is 1. The molecule has 1 heterocycles. The molecule has 0 aromatic carbocycles. The summed E-state index contributed by atoms with van der Waals surface area (Å²) in [7, 11) is 0. The fraction of sp³-hybridized carbons (Fsp3) is 0.375. The Balaban J connectivity index is 2.20. The molecule has 0 radical (unpaired) electrons. The summed E-state index contributed by atoms with van der Waals surface area (Å²) in [6.07, 6.45) is 4.76. The highest BCUT2D eigenvalue weighted by atomic mass is 35.5. The number of rotatable bonds is 1. The fourth-order valence-electron chi connectivity index (χ4n) is 1.12. The minimum absolute atomic E-state index is 0.377. The molecule has 1 aromatic heterocycles. The molecule has 0 N–H and O–H groups in total. The Morgan fingerprint density at radius 1 is 1.40 bits per heavy atom. The summed E-state index contributed by atoms with van der Waals surface area (Å²) >= 11 is 5.87. The molecule has 0 saturated heterocycles. The third-order valence-electron chi connectivity index (χ3n) is 1.85. The number of hydrogen-bond acceptors (Lipinski definition) is 1. The quantitative estimate of drug-likeness (QED) is 0.564. The van der Waals surface area contributed by atoms with Crippen LogP contribution in [0.15, 0.2) is 24.5 Å². The molecule has 0 aliphatic heterocycles. The van der Waals surface area contributed by atoms with E-state index in [1.807, 2.05) is 24.5 Å². The van der Waals surface area contributed by atoms with Crippen LogP contribution < -0.4 is 0 Å². The molecule has 1 fully saturated rings. The van der Waals surface area contributed by atoms with Crippen molar-refractivity contribution < 1.29 is 0 Å². The minimum Gasteiger partial charge on any atom is -0.265 e. The van der Waals surface area contributed by atoms with Crippen LogP contribution in [0.2, 0.25) is 0 Å². The van der Waals surface area contributed by atoms with Gasteiger partial charge in [0.1, 0.15) is 0 Å². The van der Waals surface area contributed by atoms with Crippen molar-refractivity contribution in [2.75, 3.05) is 0 Å². The van der Waals surface area contributed by atoms with Crippen LogP contribution in [-0.4, -0.2) is 10.4 Å². The van der Waals surface area contributed by atoms with Crippen molar-refractivity contribution in [1.82, 2.24) is 4.98 Å². The molecular weight excluding hydrogens is 146 g/mol. The third-order valence-corrected chi connectivity index (χ3v) is 2.33. The van der Waals surface area contributed by atoms with Gasteiger partial charge in [-0.15, -0.1) is 11.6 Å². The van der Waals surface area contributed by atoms with E-state index in [1.165, 1.54) is 5.56 Å². The first-order valence-electron chi connectivity index (χ1n) is 3.42. The van der Waals surface area contributed by atoms with Gasteiger partial charge in [-0.05, 0) is 24.1 Å². The predicted octanol–water partition coefficient (Wildman–Crippen LogP) is 2.18. The SMILES string of the molecule is ClC1CC1c1ccncc1. The molecule has 2 unspecified atom stereocenters. The molecule has 2 heteroatoms. The van der Waals surface area contributed by atoms with Crippen LogP contribution >= 0.6 is 11.6 Å². The average molecular weight is 154 g/mol. The van der Waals surface area contributed by atoms with Gasteiger partial charge in [0, 0.05) is 23.7 Å². The first kappa shape index (κ1) is 6.17. The molecular formula is C8H8ClN. The first-order valence-corrected chi connectivity index (χ1v) is 3.85. The molecule has 1 saturated carbocycles. The van der Waals surface area contributed by atoms with E-state index in [9.17, 15) is 0 Å². The van der Waals surface area contributed by atoms with Gasteiger partial charge < -0.3 is 0 Å². The molecule has 2 atom stereocenters. The number of halogens is 1. The summed E-state index contributed by atoms with van der Waals surface area (Å²) in [6.45, 7) is 0. The standard InChI is InChI=1S/C8H8ClN/c9-8-5-7(8)6-1-3-10-4-2-6/h1-4,7-8H,5H2. The van der Waals surface area contributed by atoms with E-state index in [2.05, 4.69) is 4.98 Å². The van der Waals surface area contributed by atoms with Crippen molar-refractivity contribution >= 4 is 11.6 Å². The summed E-state index contributed by atoms with van der Waals surface area (Å²) in [6, 6.07) is 4.07. The molecule has 0 amide bonds. The van der Waals surface area contributed by atoms with Crippen molar-refractivity contribution in [1.29, 1.82) is 0 Å². The zero-order chi connectivity index (χ0) is 6.97. The van der Waals surface area contributed by atoms with Gasteiger partial charge in [-0.25, -0.2) is 0 Å². The molecule has 1 aliphatic rings. The largest absolute Gasteiger partial charge is 0.265 e. The Morgan fingerprint density at radius 2 is 2.00 bits per heavy atom. The van der Waals surface area contributed by atoms with Crippen LogP contribution in [0.3, 0.4) is 0 Å². The van der Waals surface area contributed by atoms with Crippen molar-refractivity contribution in [3.05, 3.63) is 30.1 Å².